The van der Waals surface area contributed by atoms with Gasteiger partial charge in [-0.1, -0.05) is 38.5 Å². The summed E-state index contributed by atoms with van der Waals surface area (Å²) in [5.41, 5.74) is 2.00. The first-order valence-electron chi connectivity index (χ1n) is 8.34. The lowest BCUT2D eigenvalue weighted by atomic mass is 10.0. The Bertz CT molecular complexity index is 693. The van der Waals surface area contributed by atoms with E-state index in [9.17, 15) is 4.79 Å². The van der Waals surface area contributed by atoms with Crippen molar-refractivity contribution in [1.29, 1.82) is 0 Å². The van der Waals surface area contributed by atoms with Crippen LogP contribution in [0.25, 0.3) is 6.08 Å². The molecule has 126 valence electrons. The predicted molar refractivity (Wildman–Crippen MR) is 96.0 cm³/mol. The molecule has 24 heavy (non-hydrogen) atoms. The number of hydrogen-bond donors (Lipinski definition) is 0. The van der Waals surface area contributed by atoms with Gasteiger partial charge in [-0.3, -0.25) is 0 Å². The van der Waals surface area contributed by atoms with Crippen molar-refractivity contribution < 1.29 is 9.53 Å². The molecular formula is C20H24N2O2. The molecule has 0 saturated carbocycles. The first-order valence-corrected chi connectivity index (χ1v) is 8.34. The van der Waals surface area contributed by atoms with Crippen molar-refractivity contribution >= 4 is 11.9 Å². The highest BCUT2D eigenvalue weighted by atomic mass is 16.5. The summed E-state index contributed by atoms with van der Waals surface area (Å²) in [6.45, 7) is 5.76. The minimum Gasteiger partial charge on any atom is -0.421 e. The van der Waals surface area contributed by atoms with Gasteiger partial charge in [-0.15, -0.1) is 0 Å². The fraction of sp³-hybridized carbons (Fsp3) is 0.350. The maximum Gasteiger partial charge on any atom is 0.221 e. The molecular weight excluding hydrogens is 300 g/mol. The van der Waals surface area contributed by atoms with Crippen molar-refractivity contribution in [3.63, 3.8) is 0 Å². The van der Waals surface area contributed by atoms with Crippen LogP contribution in [0.15, 0.2) is 42.6 Å². The summed E-state index contributed by atoms with van der Waals surface area (Å²) in [6, 6.07) is 9.54. The van der Waals surface area contributed by atoms with Gasteiger partial charge in [0.2, 0.25) is 11.8 Å². The molecule has 0 unspecified atom stereocenters. The van der Waals surface area contributed by atoms with Gasteiger partial charge in [-0.2, -0.15) is 0 Å². The average Bonchev–Trinajstić information content (AvgIpc) is 2.54. The summed E-state index contributed by atoms with van der Waals surface area (Å²) in [6.07, 6.45) is 8.30. The van der Waals surface area contributed by atoms with Gasteiger partial charge >= 0.3 is 0 Å². The van der Waals surface area contributed by atoms with E-state index in [1.54, 1.807) is 13.1 Å². The van der Waals surface area contributed by atoms with Crippen molar-refractivity contribution in [2.45, 2.75) is 40.0 Å². The van der Waals surface area contributed by atoms with Crippen molar-refractivity contribution in [1.82, 2.24) is 9.97 Å². The minimum atomic E-state index is 0.201. The highest BCUT2D eigenvalue weighted by Crippen LogP contribution is 2.18. The number of ketones is 1. The maximum atomic E-state index is 11.1. The molecule has 4 nitrogen and oxygen atoms in total. The predicted octanol–water partition coefficient (Wildman–Crippen LogP) is 4.85. The smallest absolute Gasteiger partial charge is 0.221 e. The van der Waals surface area contributed by atoms with E-state index < -0.39 is 0 Å². The van der Waals surface area contributed by atoms with E-state index in [0.29, 0.717) is 18.2 Å². The number of aromatic nitrogens is 2. The summed E-state index contributed by atoms with van der Waals surface area (Å²) < 4.78 is 5.71. The third kappa shape index (κ3) is 5.95. The van der Waals surface area contributed by atoms with E-state index in [1.807, 2.05) is 49.4 Å². The number of carbonyl (C=O) groups is 1. The summed E-state index contributed by atoms with van der Waals surface area (Å²) in [5.74, 6) is 1.51. The quantitative estimate of drug-likeness (QED) is 0.696. The molecule has 4 heteroatoms. The lowest BCUT2D eigenvalue weighted by molar-refractivity contribution is -0.117. The van der Waals surface area contributed by atoms with Crippen LogP contribution in [0.1, 0.15) is 44.9 Å². The molecule has 0 spiro atoms. The Balaban J connectivity index is 1.98. The van der Waals surface area contributed by atoms with Gasteiger partial charge in [0.05, 0.1) is 0 Å². The Morgan fingerprint density at radius 1 is 1.25 bits per heavy atom. The van der Waals surface area contributed by atoms with Crippen LogP contribution in [0, 0.1) is 5.92 Å². The van der Waals surface area contributed by atoms with E-state index in [4.69, 9.17) is 4.74 Å². The van der Waals surface area contributed by atoms with Crippen LogP contribution in [0.4, 0.5) is 0 Å². The number of nitrogens with zero attached hydrogens (tertiary/aromatic N) is 2. The van der Waals surface area contributed by atoms with Gasteiger partial charge in [0.15, 0.2) is 0 Å². The van der Waals surface area contributed by atoms with Crippen molar-refractivity contribution in [3.05, 3.63) is 53.9 Å². The number of aryl methyl sites for hydroxylation is 1. The van der Waals surface area contributed by atoms with Crippen LogP contribution in [-0.4, -0.2) is 15.8 Å². The lowest BCUT2D eigenvalue weighted by Crippen LogP contribution is -1.97. The van der Waals surface area contributed by atoms with Gasteiger partial charge in [0.1, 0.15) is 5.78 Å². The third-order valence-electron chi connectivity index (χ3n) is 3.48. The van der Waals surface area contributed by atoms with Crippen molar-refractivity contribution in [3.8, 4) is 11.8 Å². The normalized spacial score (nSPS) is 12.3. The van der Waals surface area contributed by atoms with Gasteiger partial charge in [-0.25, -0.2) is 9.97 Å². The Morgan fingerprint density at radius 2 is 2.08 bits per heavy atom. The second-order valence-corrected chi connectivity index (χ2v) is 5.99. The number of hydrogen-bond acceptors (Lipinski definition) is 4. The average molecular weight is 324 g/mol. The van der Waals surface area contributed by atoms with Crippen LogP contribution in [0.5, 0.6) is 11.8 Å². The van der Waals surface area contributed by atoms with Crippen molar-refractivity contribution in [2.24, 2.45) is 5.92 Å². The molecule has 2 rings (SSSR count). The number of ether oxygens (including phenoxy) is 1. The summed E-state index contributed by atoms with van der Waals surface area (Å²) in [4.78, 5) is 19.8. The van der Waals surface area contributed by atoms with Gasteiger partial charge < -0.3 is 9.53 Å². The zero-order valence-corrected chi connectivity index (χ0v) is 14.5. The SMILES string of the molecule is CCCc1cccc(Oc2ccc(/C=C/[C@H](C)CC(C)=O)cn2)n1. The largest absolute Gasteiger partial charge is 0.421 e. The highest BCUT2D eigenvalue weighted by molar-refractivity contribution is 5.76. The second-order valence-electron chi connectivity index (χ2n) is 5.99. The van der Waals surface area contributed by atoms with Crippen LogP contribution in [0.2, 0.25) is 0 Å². The molecule has 0 bridgehead atoms. The monoisotopic (exact) mass is 324 g/mol. The van der Waals surface area contributed by atoms with Gasteiger partial charge in [0, 0.05) is 30.4 Å². The Kier molecular flexibility index (Phi) is 6.67. The molecule has 0 amide bonds. The topological polar surface area (TPSA) is 52.1 Å². The molecule has 2 heterocycles. The Labute approximate surface area is 143 Å². The third-order valence-corrected chi connectivity index (χ3v) is 3.48. The number of allylic oxidation sites excluding steroid dienone is 1. The molecule has 0 fully saturated rings. The fourth-order valence-corrected chi connectivity index (χ4v) is 2.36. The minimum absolute atomic E-state index is 0.201. The zero-order chi connectivity index (χ0) is 17.4. The van der Waals surface area contributed by atoms with E-state index in [0.717, 1.165) is 24.1 Å². The number of rotatable bonds is 8. The standard InChI is InChI=1S/C20H24N2O2/c1-4-6-18-7-5-8-20(22-18)24-19-12-11-17(14-21-19)10-9-15(2)13-16(3)23/h5,7-12,14-15H,4,6,13H2,1-3H3/b10-9+/t15-/m0/s1. The van der Waals surface area contributed by atoms with E-state index in [2.05, 4.69) is 16.9 Å². The van der Waals surface area contributed by atoms with Crippen LogP contribution in [0.3, 0.4) is 0 Å². The number of carbonyl (C=O) groups excluding carboxylic acids is 1. The fourth-order valence-electron chi connectivity index (χ4n) is 2.36. The van der Waals surface area contributed by atoms with Crippen LogP contribution >= 0.6 is 0 Å². The van der Waals surface area contributed by atoms with Gasteiger partial charge in [-0.05, 0) is 37.0 Å². The first-order chi connectivity index (χ1) is 11.6. The van der Waals surface area contributed by atoms with E-state index >= 15 is 0 Å². The van der Waals surface area contributed by atoms with Crippen molar-refractivity contribution in [2.75, 3.05) is 0 Å². The van der Waals surface area contributed by atoms with Gasteiger partial charge in [0.25, 0.3) is 0 Å². The van der Waals surface area contributed by atoms with Crippen LogP contribution < -0.4 is 4.74 Å². The summed E-state index contributed by atoms with van der Waals surface area (Å²) >= 11 is 0. The lowest BCUT2D eigenvalue weighted by Gasteiger charge is -2.06. The maximum absolute atomic E-state index is 11.1. The van der Waals surface area contributed by atoms with E-state index in [1.165, 1.54) is 0 Å². The Hall–Kier alpha value is -2.49. The number of Topliss-reactive ketones (excluding diaryl/α,β-unsaturated/α-hetero) is 1. The highest BCUT2D eigenvalue weighted by Gasteiger charge is 2.03. The molecule has 0 aliphatic carbocycles. The zero-order valence-electron chi connectivity index (χ0n) is 14.5. The first kappa shape index (κ1) is 17.9. The molecule has 0 aliphatic heterocycles. The molecule has 0 N–H and O–H groups in total. The molecule has 2 aromatic rings. The molecule has 2 aromatic heterocycles. The molecule has 0 saturated heterocycles. The second kappa shape index (κ2) is 8.96. The van der Waals surface area contributed by atoms with E-state index in [-0.39, 0.29) is 11.7 Å². The molecule has 0 radical (unpaired) electrons. The summed E-state index contributed by atoms with van der Waals surface area (Å²) in [7, 11) is 0. The molecule has 1 atom stereocenters. The summed E-state index contributed by atoms with van der Waals surface area (Å²) in [5, 5.41) is 0. The molecule has 0 aromatic carbocycles. The van der Waals surface area contributed by atoms with Crippen LogP contribution in [-0.2, 0) is 11.2 Å². The molecule has 0 aliphatic rings. The Morgan fingerprint density at radius 3 is 2.75 bits per heavy atom. The number of pyridine rings is 2.